The number of carbonyl (C=O) groups is 1. The van der Waals surface area contributed by atoms with Gasteiger partial charge in [-0.2, -0.15) is 5.10 Å². The number of nitrogens with zero attached hydrogens (tertiary/aromatic N) is 6. The maximum absolute atomic E-state index is 11.9. The Bertz CT molecular complexity index is 944. The van der Waals surface area contributed by atoms with Gasteiger partial charge >= 0.3 is 6.09 Å². The molecule has 0 atom stereocenters. The molecule has 0 unspecified atom stereocenters. The highest BCUT2D eigenvalue weighted by Gasteiger charge is 2.24. The molecule has 3 heterocycles. The first-order valence-electron chi connectivity index (χ1n) is 9.10. The van der Waals surface area contributed by atoms with Crippen molar-refractivity contribution < 1.29 is 9.53 Å². The Morgan fingerprint density at radius 2 is 1.85 bits per heavy atom. The lowest BCUT2D eigenvalue weighted by atomic mass is 10.2. The predicted molar refractivity (Wildman–Crippen MR) is 102 cm³/mol. The summed E-state index contributed by atoms with van der Waals surface area (Å²) in [5, 5.41) is 5.43. The molecule has 0 bridgehead atoms. The zero-order chi connectivity index (χ0) is 18.8. The number of hydrogen-bond acceptors (Lipinski definition) is 6. The number of carbonyl (C=O) groups excluding carboxylic acids is 1. The standard InChI is InChI=1S/C19H22N6O2/c1-3-27-19(26)24-10-8-23(9-11-24)17-16-12-22-25(18(16)21-13-20-17)15-6-4-14(2)5-7-15/h4-7,12-13H,3,8-11H2,1-2H3. The highest BCUT2D eigenvalue weighted by Crippen LogP contribution is 2.25. The van der Waals surface area contributed by atoms with Crippen molar-refractivity contribution in [3.63, 3.8) is 0 Å². The lowest BCUT2D eigenvalue weighted by Crippen LogP contribution is -2.49. The van der Waals surface area contributed by atoms with Crippen molar-refractivity contribution in [2.45, 2.75) is 13.8 Å². The molecule has 0 radical (unpaired) electrons. The minimum absolute atomic E-state index is 0.253. The Morgan fingerprint density at radius 1 is 1.11 bits per heavy atom. The molecule has 8 nitrogen and oxygen atoms in total. The van der Waals surface area contributed by atoms with E-state index in [2.05, 4.69) is 39.0 Å². The molecule has 1 aromatic carbocycles. The number of fused-ring (bicyclic) bond motifs is 1. The Morgan fingerprint density at radius 3 is 2.56 bits per heavy atom. The van der Waals surface area contributed by atoms with Crippen LogP contribution in [-0.4, -0.2) is 63.5 Å². The molecule has 140 valence electrons. The van der Waals surface area contributed by atoms with Crippen LogP contribution in [0.4, 0.5) is 10.6 Å². The molecule has 0 spiro atoms. The van der Waals surface area contributed by atoms with Crippen LogP contribution in [0.3, 0.4) is 0 Å². The minimum atomic E-state index is -0.253. The van der Waals surface area contributed by atoms with E-state index in [1.807, 2.05) is 29.9 Å². The van der Waals surface area contributed by atoms with Gasteiger partial charge in [0.05, 0.1) is 23.9 Å². The number of amides is 1. The summed E-state index contributed by atoms with van der Waals surface area (Å²) in [6, 6.07) is 8.17. The maximum atomic E-state index is 11.9. The highest BCUT2D eigenvalue weighted by molar-refractivity contribution is 5.87. The second-order valence-electron chi connectivity index (χ2n) is 6.50. The number of aryl methyl sites for hydroxylation is 1. The highest BCUT2D eigenvalue weighted by atomic mass is 16.6. The summed E-state index contributed by atoms with van der Waals surface area (Å²) in [5.74, 6) is 0.849. The van der Waals surface area contributed by atoms with E-state index in [1.165, 1.54) is 5.56 Å². The van der Waals surface area contributed by atoms with E-state index in [0.717, 1.165) is 22.5 Å². The molecule has 0 N–H and O–H groups in total. The zero-order valence-corrected chi connectivity index (χ0v) is 15.5. The van der Waals surface area contributed by atoms with E-state index >= 15 is 0 Å². The van der Waals surface area contributed by atoms with Crippen LogP contribution in [0.15, 0.2) is 36.8 Å². The van der Waals surface area contributed by atoms with E-state index in [9.17, 15) is 4.79 Å². The lowest BCUT2D eigenvalue weighted by Gasteiger charge is -2.34. The lowest BCUT2D eigenvalue weighted by molar-refractivity contribution is 0.105. The van der Waals surface area contributed by atoms with Gasteiger partial charge in [0.25, 0.3) is 0 Å². The van der Waals surface area contributed by atoms with E-state index in [4.69, 9.17) is 4.74 Å². The molecule has 1 saturated heterocycles. The number of aromatic nitrogens is 4. The van der Waals surface area contributed by atoms with Crippen LogP contribution in [0.25, 0.3) is 16.7 Å². The Labute approximate surface area is 157 Å². The van der Waals surface area contributed by atoms with Gasteiger partial charge in [-0.1, -0.05) is 17.7 Å². The van der Waals surface area contributed by atoms with Crippen molar-refractivity contribution in [2.24, 2.45) is 0 Å². The topological polar surface area (TPSA) is 76.4 Å². The molecular weight excluding hydrogens is 344 g/mol. The summed E-state index contributed by atoms with van der Waals surface area (Å²) in [6.07, 6.45) is 3.13. The smallest absolute Gasteiger partial charge is 0.409 e. The number of hydrogen-bond donors (Lipinski definition) is 0. The van der Waals surface area contributed by atoms with Gasteiger partial charge in [0, 0.05) is 26.2 Å². The molecule has 0 saturated carbocycles. The molecule has 1 aliphatic rings. The summed E-state index contributed by atoms with van der Waals surface area (Å²) in [4.78, 5) is 24.7. The minimum Gasteiger partial charge on any atom is -0.450 e. The first kappa shape index (κ1) is 17.3. The molecule has 1 amide bonds. The normalized spacial score (nSPS) is 14.6. The number of anilines is 1. The number of benzene rings is 1. The van der Waals surface area contributed by atoms with Gasteiger partial charge in [-0.15, -0.1) is 0 Å². The first-order valence-corrected chi connectivity index (χ1v) is 9.10. The first-order chi connectivity index (χ1) is 13.2. The number of piperazine rings is 1. The monoisotopic (exact) mass is 366 g/mol. The third-order valence-electron chi connectivity index (χ3n) is 4.73. The van der Waals surface area contributed by atoms with Crippen LogP contribution in [0, 0.1) is 6.92 Å². The maximum Gasteiger partial charge on any atom is 0.409 e. The SMILES string of the molecule is CCOC(=O)N1CCN(c2ncnc3c2cnn3-c2ccc(C)cc2)CC1. The molecule has 1 fully saturated rings. The fourth-order valence-corrected chi connectivity index (χ4v) is 3.27. The van der Waals surface area contributed by atoms with Gasteiger partial charge in [-0.3, -0.25) is 0 Å². The average Bonchev–Trinajstić information content (AvgIpc) is 3.13. The molecule has 8 heteroatoms. The second kappa shape index (κ2) is 7.22. The van der Waals surface area contributed by atoms with Crippen molar-refractivity contribution in [3.05, 3.63) is 42.4 Å². The van der Waals surface area contributed by atoms with Crippen molar-refractivity contribution in [3.8, 4) is 5.69 Å². The van der Waals surface area contributed by atoms with Gasteiger partial charge in [-0.05, 0) is 26.0 Å². The van der Waals surface area contributed by atoms with Crippen molar-refractivity contribution >= 4 is 22.9 Å². The van der Waals surface area contributed by atoms with Crippen molar-refractivity contribution in [1.29, 1.82) is 0 Å². The van der Waals surface area contributed by atoms with Crippen LogP contribution in [0.5, 0.6) is 0 Å². The third kappa shape index (κ3) is 3.30. The van der Waals surface area contributed by atoms with E-state index in [1.54, 1.807) is 11.2 Å². The van der Waals surface area contributed by atoms with Gasteiger partial charge in [-0.25, -0.2) is 19.4 Å². The second-order valence-corrected chi connectivity index (χ2v) is 6.50. The van der Waals surface area contributed by atoms with Gasteiger partial charge < -0.3 is 14.5 Å². The summed E-state index contributed by atoms with van der Waals surface area (Å²) in [7, 11) is 0. The van der Waals surface area contributed by atoms with E-state index in [0.29, 0.717) is 32.8 Å². The Kier molecular flexibility index (Phi) is 4.62. The van der Waals surface area contributed by atoms with Crippen molar-refractivity contribution in [2.75, 3.05) is 37.7 Å². The largest absolute Gasteiger partial charge is 0.450 e. The van der Waals surface area contributed by atoms with Crippen LogP contribution in [0.1, 0.15) is 12.5 Å². The fourth-order valence-electron chi connectivity index (χ4n) is 3.27. The van der Waals surface area contributed by atoms with Crippen LogP contribution < -0.4 is 4.90 Å². The molecular formula is C19H22N6O2. The van der Waals surface area contributed by atoms with E-state index < -0.39 is 0 Å². The van der Waals surface area contributed by atoms with Crippen LogP contribution in [-0.2, 0) is 4.74 Å². The summed E-state index contributed by atoms with van der Waals surface area (Å²) in [5.41, 5.74) is 2.94. The Balaban J connectivity index is 1.59. The van der Waals surface area contributed by atoms with E-state index in [-0.39, 0.29) is 6.09 Å². The molecule has 2 aromatic heterocycles. The molecule has 4 rings (SSSR count). The quantitative estimate of drug-likeness (QED) is 0.708. The predicted octanol–water partition coefficient (Wildman–Crippen LogP) is 2.40. The Hall–Kier alpha value is -3.16. The number of ether oxygens (including phenoxy) is 1. The zero-order valence-electron chi connectivity index (χ0n) is 15.5. The summed E-state index contributed by atoms with van der Waals surface area (Å²) in [6.45, 7) is 6.87. The summed E-state index contributed by atoms with van der Waals surface area (Å²) < 4.78 is 6.91. The third-order valence-corrected chi connectivity index (χ3v) is 4.73. The molecule has 0 aliphatic carbocycles. The summed E-state index contributed by atoms with van der Waals surface area (Å²) >= 11 is 0. The van der Waals surface area contributed by atoms with Crippen LogP contribution >= 0.6 is 0 Å². The van der Waals surface area contributed by atoms with Crippen LogP contribution in [0.2, 0.25) is 0 Å². The van der Waals surface area contributed by atoms with Gasteiger partial charge in [0.15, 0.2) is 5.65 Å². The average molecular weight is 366 g/mol. The van der Waals surface area contributed by atoms with Gasteiger partial charge in [0.2, 0.25) is 0 Å². The fraction of sp³-hybridized carbons (Fsp3) is 0.368. The van der Waals surface area contributed by atoms with Crippen molar-refractivity contribution in [1.82, 2.24) is 24.6 Å². The number of rotatable bonds is 3. The molecule has 3 aromatic rings. The molecule has 1 aliphatic heterocycles. The van der Waals surface area contributed by atoms with Gasteiger partial charge in [0.1, 0.15) is 12.1 Å². The molecule has 27 heavy (non-hydrogen) atoms.